The minimum Gasteiger partial charge on any atom is -0.352 e. The van der Waals surface area contributed by atoms with Crippen LogP contribution < -0.4 is 21.9 Å². The zero-order chi connectivity index (χ0) is 16.2. The van der Waals surface area contributed by atoms with E-state index in [1.165, 1.54) is 25.1 Å². The number of hydrogen-bond donors (Lipinski definition) is 4. The molecule has 2 aromatic heterocycles. The van der Waals surface area contributed by atoms with Gasteiger partial charge in [-0.3, -0.25) is 19.6 Å². The zero-order valence-corrected chi connectivity index (χ0v) is 12.6. The van der Waals surface area contributed by atoms with Gasteiger partial charge in [0.05, 0.1) is 10.9 Å². The second-order valence-corrected chi connectivity index (χ2v) is 5.79. The van der Waals surface area contributed by atoms with E-state index >= 15 is 0 Å². The molecular formula is C15H19N5O3. The van der Waals surface area contributed by atoms with Gasteiger partial charge in [0.2, 0.25) is 0 Å². The lowest BCUT2D eigenvalue weighted by Crippen LogP contribution is -2.33. The minimum absolute atomic E-state index is 0.170. The summed E-state index contributed by atoms with van der Waals surface area (Å²) in [5.74, 6) is 0.320. The van der Waals surface area contributed by atoms with Gasteiger partial charge in [0.1, 0.15) is 5.65 Å². The summed E-state index contributed by atoms with van der Waals surface area (Å²) in [5, 5.41) is 6.39. The van der Waals surface area contributed by atoms with Crippen LogP contribution in [-0.2, 0) is 0 Å². The number of piperidine rings is 1. The highest BCUT2D eigenvalue weighted by Crippen LogP contribution is 2.13. The molecule has 1 saturated heterocycles. The van der Waals surface area contributed by atoms with Crippen molar-refractivity contribution in [1.82, 2.24) is 25.6 Å². The van der Waals surface area contributed by atoms with Gasteiger partial charge in [-0.15, -0.1) is 0 Å². The number of aromatic nitrogens is 3. The van der Waals surface area contributed by atoms with E-state index in [9.17, 15) is 14.4 Å². The summed E-state index contributed by atoms with van der Waals surface area (Å²) in [6, 6.07) is 1.44. The fourth-order valence-corrected chi connectivity index (χ4v) is 2.83. The van der Waals surface area contributed by atoms with E-state index in [0.717, 1.165) is 19.5 Å². The number of carbonyl (C=O) groups is 1. The predicted molar refractivity (Wildman–Crippen MR) is 85.5 cm³/mol. The molecule has 23 heavy (non-hydrogen) atoms. The molecule has 3 rings (SSSR count). The summed E-state index contributed by atoms with van der Waals surface area (Å²) in [4.78, 5) is 43.6. The van der Waals surface area contributed by atoms with Crippen LogP contribution in [0.25, 0.3) is 11.0 Å². The van der Waals surface area contributed by atoms with Crippen LogP contribution in [0, 0.1) is 5.92 Å². The van der Waals surface area contributed by atoms with Crippen molar-refractivity contribution in [2.45, 2.75) is 19.3 Å². The SMILES string of the molecule is O=C(NCCC1CCCNC1)c1cnc2[nH]c(=O)[nH]c(=O)c2c1. The molecule has 8 heteroatoms. The third-order valence-corrected chi connectivity index (χ3v) is 4.09. The number of aromatic amines is 2. The lowest BCUT2D eigenvalue weighted by Gasteiger charge is -2.22. The number of amides is 1. The highest BCUT2D eigenvalue weighted by atomic mass is 16.2. The molecule has 0 spiro atoms. The van der Waals surface area contributed by atoms with Crippen molar-refractivity contribution >= 4 is 16.9 Å². The van der Waals surface area contributed by atoms with Crippen molar-refractivity contribution in [3.63, 3.8) is 0 Å². The maximum Gasteiger partial charge on any atom is 0.327 e. The van der Waals surface area contributed by atoms with Crippen LogP contribution in [0.1, 0.15) is 29.6 Å². The van der Waals surface area contributed by atoms with Crippen LogP contribution in [0.2, 0.25) is 0 Å². The Kier molecular flexibility index (Phi) is 4.52. The van der Waals surface area contributed by atoms with Gasteiger partial charge >= 0.3 is 5.69 Å². The second kappa shape index (κ2) is 6.74. The largest absolute Gasteiger partial charge is 0.352 e. The molecule has 0 bridgehead atoms. The van der Waals surface area contributed by atoms with Crippen LogP contribution in [0.5, 0.6) is 0 Å². The van der Waals surface area contributed by atoms with Crippen molar-refractivity contribution in [3.05, 3.63) is 38.7 Å². The molecule has 1 aliphatic rings. The predicted octanol–water partition coefficient (Wildman–Crippen LogP) is -0.269. The van der Waals surface area contributed by atoms with E-state index in [4.69, 9.17) is 0 Å². The zero-order valence-electron chi connectivity index (χ0n) is 12.6. The van der Waals surface area contributed by atoms with E-state index in [1.54, 1.807) is 0 Å². The standard InChI is InChI=1S/C15H19N5O3/c21-13(17-5-3-9-2-1-4-16-7-9)10-6-11-12(18-8-10)19-15(23)20-14(11)22/h6,8-9,16H,1-5,7H2,(H,17,21)(H2,18,19,20,22,23). The van der Waals surface area contributed by atoms with E-state index in [2.05, 4.69) is 25.6 Å². The molecule has 4 N–H and O–H groups in total. The molecule has 1 atom stereocenters. The van der Waals surface area contributed by atoms with E-state index in [0.29, 0.717) is 18.0 Å². The third kappa shape index (κ3) is 3.65. The fourth-order valence-electron chi connectivity index (χ4n) is 2.83. The normalized spacial score (nSPS) is 18.0. The summed E-state index contributed by atoms with van der Waals surface area (Å²) in [6.45, 7) is 2.66. The molecule has 0 aromatic carbocycles. The smallest absolute Gasteiger partial charge is 0.327 e. The molecule has 0 radical (unpaired) electrons. The number of fused-ring (bicyclic) bond motifs is 1. The Labute approximate surface area is 131 Å². The Morgan fingerprint density at radius 1 is 1.35 bits per heavy atom. The van der Waals surface area contributed by atoms with Crippen molar-refractivity contribution in [2.75, 3.05) is 19.6 Å². The molecule has 1 unspecified atom stereocenters. The third-order valence-electron chi connectivity index (χ3n) is 4.09. The lowest BCUT2D eigenvalue weighted by molar-refractivity contribution is 0.0950. The molecule has 1 aliphatic heterocycles. The van der Waals surface area contributed by atoms with Crippen molar-refractivity contribution in [3.8, 4) is 0 Å². The minimum atomic E-state index is -0.617. The van der Waals surface area contributed by atoms with Crippen LogP contribution in [-0.4, -0.2) is 40.5 Å². The first kappa shape index (κ1) is 15.4. The number of nitrogens with zero attached hydrogens (tertiary/aromatic N) is 1. The highest BCUT2D eigenvalue weighted by Gasteiger charge is 2.14. The first-order valence-corrected chi connectivity index (χ1v) is 7.75. The molecular weight excluding hydrogens is 298 g/mol. The molecule has 0 saturated carbocycles. The summed E-state index contributed by atoms with van der Waals surface area (Å²) >= 11 is 0. The van der Waals surface area contributed by atoms with Crippen LogP contribution in [0.3, 0.4) is 0 Å². The number of H-pyrrole nitrogens is 2. The lowest BCUT2D eigenvalue weighted by atomic mass is 9.96. The summed E-state index contributed by atoms with van der Waals surface area (Å²) < 4.78 is 0. The fraction of sp³-hybridized carbons (Fsp3) is 0.467. The number of nitrogens with one attached hydrogen (secondary N) is 4. The van der Waals surface area contributed by atoms with Crippen molar-refractivity contribution in [1.29, 1.82) is 0 Å². The molecule has 122 valence electrons. The Hall–Kier alpha value is -2.48. The van der Waals surface area contributed by atoms with Gasteiger partial charge in [-0.1, -0.05) is 0 Å². The molecule has 3 heterocycles. The number of carbonyl (C=O) groups excluding carboxylic acids is 1. The Bertz CT molecular complexity index is 820. The quantitative estimate of drug-likeness (QED) is 0.619. The second-order valence-electron chi connectivity index (χ2n) is 5.79. The van der Waals surface area contributed by atoms with Gasteiger partial charge in [0, 0.05) is 12.7 Å². The molecule has 1 amide bonds. The van der Waals surface area contributed by atoms with Gasteiger partial charge in [-0.25, -0.2) is 9.78 Å². The molecule has 2 aromatic rings. The topological polar surface area (TPSA) is 120 Å². The number of hydrogen-bond acceptors (Lipinski definition) is 5. The molecule has 1 fully saturated rings. The maximum absolute atomic E-state index is 12.2. The summed E-state index contributed by atoms with van der Waals surface area (Å²) in [6.07, 6.45) is 4.64. The van der Waals surface area contributed by atoms with Crippen LogP contribution in [0.15, 0.2) is 21.9 Å². The van der Waals surface area contributed by atoms with Crippen LogP contribution in [0.4, 0.5) is 0 Å². The first-order valence-electron chi connectivity index (χ1n) is 7.75. The van der Waals surface area contributed by atoms with E-state index in [1.807, 2.05) is 0 Å². The Morgan fingerprint density at radius 3 is 3.00 bits per heavy atom. The van der Waals surface area contributed by atoms with Gasteiger partial charge in [0.15, 0.2) is 0 Å². The van der Waals surface area contributed by atoms with Gasteiger partial charge < -0.3 is 10.6 Å². The first-order chi connectivity index (χ1) is 11.1. The Morgan fingerprint density at radius 2 is 2.22 bits per heavy atom. The summed E-state index contributed by atoms with van der Waals surface area (Å²) in [5.41, 5.74) is -0.701. The van der Waals surface area contributed by atoms with Crippen molar-refractivity contribution in [2.24, 2.45) is 5.92 Å². The van der Waals surface area contributed by atoms with Crippen molar-refractivity contribution < 1.29 is 4.79 Å². The average molecular weight is 317 g/mol. The van der Waals surface area contributed by atoms with E-state index < -0.39 is 11.2 Å². The maximum atomic E-state index is 12.2. The Balaban J connectivity index is 1.66. The number of pyridine rings is 1. The monoisotopic (exact) mass is 317 g/mol. The van der Waals surface area contributed by atoms with E-state index in [-0.39, 0.29) is 16.9 Å². The average Bonchev–Trinajstić information content (AvgIpc) is 2.55. The summed E-state index contributed by atoms with van der Waals surface area (Å²) in [7, 11) is 0. The van der Waals surface area contributed by atoms with Crippen LogP contribution >= 0.6 is 0 Å². The van der Waals surface area contributed by atoms with Gasteiger partial charge in [0.25, 0.3) is 11.5 Å². The van der Waals surface area contributed by atoms with Gasteiger partial charge in [-0.05, 0) is 44.3 Å². The molecule has 0 aliphatic carbocycles. The van der Waals surface area contributed by atoms with Gasteiger partial charge in [-0.2, -0.15) is 0 Å². The number of rotatable bonds is 4. The molecule has 8 nitrogen and oxygen atoms in total. The highest BCUT2D eigenvalue weighted by molar-refractivity contribution is 5.96.